The summed E-state index contributed by atoms with van der Waals surface area (Å²) in [4.78, 5) is 14.9. The molecule has 0 amide bonds. The summed E-state index contributed by atoms with van der Waals surface area (Å²) in [7, 11) is -3.77. The first kappa shape index (κ1) is 19.0. The number of anilines is 1. The highest BCUT2D eigenvalue weighted by Gasteiger charge is 2.14. The van der Waals surface area contributed by atoms with Crippen LogP contribution in [0.3, 0.4) is 0 Å². The van der Waals surface area contributed by atoms with Gasteiger partial charge in [0.15, 0.2) is 0 Å². The lowest BCUT2D eigenvalue weighted by Gasteiger charge is -2.07. The molecule has 28 heavy (non-hydrogen) atoms. The fraction of sp³-hybridized carbons (Fsp3) is 0. The van der Waals surface area contributed by atoms with Crippen molar-refractivity contribution in [1.82, 2.24) is 4.98 Å². The number of aromatic nitrogens is 1. The van der Waals surface area contributed by atoms with Crippen LogP contribution in [0.25, 0.3) is 0 Å². The SMILES string of the molecule is O=C(O)c1cc(N=Nc2ccc(S(=O)(=O)Nc3cccnc3)cc2)ccc1O. The van der Waals surface area contributed by atoms with Crippen LogP contribution in [0.4, 0.5) is 17.1 Å². The Kier molecular flexibility index (Phi) is 5.32. The average Bonchev–Trinajstić information content (AvgIpc) is 2.68. The summed E-state index contributed by atoms with van der Waals surface area (Å²) in [6, 6.07) is 12.6. The average molecular weight is 398 g/mol. The molecule has 142 valence electrons. The normalized spacial score (nSPS) is 11.4. The molecule has 0 bridgehead atoms. The lowest BCUT2D eigenvalue weighted by atomic mass is 10.2. The molecule has 0 spiro atoms. The van der Waals surface area contributed by atoms with Gasteiger partial charge in [-0.05, 0) is 54.6 Å². The van der Waals surface area contributed by atoms with Crippen molar-refractivity contribution in [2.75, 3.05) is 4.72 Å². The number of azo groups is 1. The Morgan fingerprint density at radius 3 is 2.32 bits per heavy atom. The van der Waals surface area contributed by atoms with E-state index >= 15 is 0 Å². The Morgan fingerprint density at radius 1 is 1.00 bits per heavy atom. The van der Waals surface area contributed by atoms with Crippen LogP contribution >= 0.6 is 0 Å². The first-order valence-corrected chi connectivity index (χ1v) is 9.34. The van der Waals surface area contributed by atoms with Gasteiger partial charge in [0.1, 0.15) is 11.3 Å². The van der Waals surface area contributed by atoms with Gasteiger partial charge in [-0.15, -0.1) is 0 Å². The number of nitrogens with one attached hydrogen (secondary N) is 1. The number of aromatic carboxylic acids is 1. The number of sulfonamides is 1. The summed E-state index contributed by atoms with van der Waals surface area (Å²) in [5.41, 5.74) is 0.641. The minimum absolute atomic E-state index is 0.0353. The largest absolute Gasteiger partial charge is 0.507 e. The summed E-state index contributed by atoms with van der Waals surface area (Å²) in [5, 5.41) is 26.3. The highest BCUT2D eigenvalue weighted by atomic mass is 32.2. The Bertz CT molecular complexity index is 1130. The van der Waals surface area contributed by atoms with E-state index in [1.165, 1.54) is 54.9 Å². The molecule has 9 nitrogen and oxygen atoms in total. The van der Waals surface area contributed by atoms with Crippen molar-refractivity contribution in [3.8, 4) is 5.75 Å². The van der Waals surface area contributed by atoms with Gasteiger partial charge < -0.3 is 10.2 Å². The van der Waals surface area contributed by atoms with Crippen molar-refractivity contribution in [3.63, 3.8) is 0 Å². The molecule has 3 N–H and O–H groups in total. The zero-order valence-electron chi connectivity index (χ0n) is 14.2. The van der Waals surface area contributed by atoms with Gasteiger partial charge >= 0.3 is 5.97 Å². The summed E-state index contributed by atoms with van der Waals surface area (Å²) in [6.45, 7) is 0. The molecule has 2 aromatic carbocycles. The summed E-state index contributed by atoms with van der Waals surface area (Å²) in [6.07, 6.45) is 2.92. The fourth-order valence-corrected chi connectivity index (χ4v) is 3.25. The molecule has 0 saturated carbocycles. The molecule has 0 aliphatic carbocycles. The van der Waals surface area contributed by atoms with E-state index in [0.29, 0.717) is 11.4 Å². The molecule has 3 aromatic rings. The molecule has 0 aliphatic heterocycles. The third-order valence-electron chi connectivity index (χ3n) is 3.55. The molecule has 0 fully saturated rings. The lowest BCUT2D eigenvalue weighted by molar-refractivity contribution is 0.0693. The van der Waals surface area contributed by atoms with Crippen LogP contribution in [0.1, 0.15) is 10.4 Å². The minimum atomic E-state index is -3.77. The number of hydrogen-bond donors (Lipinski definition) is 3. The number of rotatable bonds is 6. The van der Waals surface area contributed by atoms with Crippen molar-refractivity contribution in [2.24, 2.45) is 10.2 Å². The van der Waals surface area contributed by atoms with E-state index in [9.17, 15) is 18.3 Å². The molecule has 0 radical (unpaired) electrons. The third kappa shape index (κ3) is 4.48. The quantitative estimate of drug-likeness (QED) is 0.541. The highest BCUT2D eigenvalue weighted by Crippen LogP contribution is 2.26. The molecule has 10 heteroatoms. The third-order valence-corrected chi connectivity index (χ3v) is 4.95. The first-order valence-electron chi connectivity index (χ1n) is 7.86. The monoisotopic (exact) mass is 398 g/mol. The summed E-state index contributed by atoms with van der Waals surface area (Å²) >= 11 is 0. The maximum Gasteiger partial charge on any atom is 0.339 e. The molecular weight excluding hydrogens is 384 g/mol. The molecular formula is C18H14N4O5S. The Labute approximate surface area is 160 Å². The van der Waals surface area contributed by atoms with Gasteiger partial charge in [-0.2, -0.15) is 10.2 Å². The van der Waals surface area contributed by atoms with Gasteiger partial charge in [0.05, 0.1) is 28.2 Å². The molecule has 0 aliphatic rings. The van der Waals surface area contributed by atoms with Crippen molar-refractivity contribution in [3.05, 3.63) is 72.6 Å². The second-order valence-electron chi connectivity index (χ2n) is 5.55. The number of carboxylic acids is 1. The van der Waals surface area contributed by atoms with Crippen LogP contribution in [-0.4, -0.2) is 29.6 Å². The van der Waals surface area contributed by atoms with E-state index in [4.69, 9.17) is 5.11 Å². The Morgan fingerprint density at radius 2 is 1.68 bits per heavy atom. The zero-order valence-corrected chi connectivity index (χ0v) is 15.0. The van der Waals surface area contributed by atoms with Crippen LogP contribution in [0, 0.1) is 0 Å². The number of benzene rings is 2. The number of aromatic hydroxyl groups is 1. The highest BCUT2D eigenvalue weighted by molar-refractivity contribution is 7.92. The molecule has 1 heterocycles. The summed E-state index contributed by atoms with van der Waals surface area (Å²) in [5.74, 6) is -1.66. The van der Waals surface area contributed by atoms with Gasteiger partial charge in [-0.3, -0.25) is 9.71 Å². The van der Waals surface area contributed by atoms with Crippen molar-refractivity contribution < 1.29 is 23.4 Å². The molecule has 0 saturated heterocycles. The van der Waals surface area contributed by atoms with Crippen LogP contribution in [0.2, 0.25) is 0 Å². The van der Waals surface area contributed by atoms with Crippen molar-refractivity contribution in [1.29, 1.82) is 0 Å². The van der Waals surface area contributed by atoms with Gasteiger partial charge in [0.25, 0.3) is 10.0 Å². The van der Waals surface area contributed by atoms with E-state index in [2.05, 4.69) is 19.9 Å². The van der Waals surface area contributed by atoms with Gasteiger partial charge in [0.2, 0.25) is 0 Å². The predicted octanol–water partition coefficient (Wildman–Crippen LogP) is 3.70. The number of carboxylic acid groups (broad SMARTS) is 1. The standard InChI is InChI=1S/C18H14N4O5S/c23-17-8-5-13(10-16(17)18(24)25)21-20-12-3-6-15(7-4-12)28(26,27)22-14-2-1-9-19-11-14/h1-11,22-23H,(H,24,25). The second kappa shape index (κ2) is 7.84. The van der Waals surface area contributed by atoms with E-state index in [1.54, 1.807) is 12.1 Å². The van der Waals surface area contributed by atoms with Crippen LogP contribution in [0.5, 0.6) is 5.75 Å². The Hall–Kier alpha value is -3.79. The van der Waals surface area contributed by atoms with Crippen LogP contribution in [0.15, 0.2) is 82.1 Å². The van der Waals surface area contributed by atoms with Gasteiger partial charge in [-0.1, -0.05) is 0 Å². The number of carbonyl (C=O) groups is 1. The first-order chi connectivity index (χ1) is 13.3. The lowest BCUT2D eigenvalue weighted by Crippen LogP contribution is -2.12. The van der Waals surface area contributed by atoms with E-state index < -0.39 is 16.0 Å². The topological polar surface area (TPSA) is 141 Å². The number of phenols is 1. The number of hydrogen-bond acceptors (Lipinski definition) is 7. The van der Waals surface area contributed by atoms with E-state index in [0.717, 1.165) is 0 Å². The molecule has 3 rings (SSSR count). The van der Waals surface area contributed by atoms with Crippen LogP contribution in [-0.2, 0) is 10.0 Å². The second-order valence-corrected chi connectivity index (χ2v) is 7.23. The summed E-state index contributed by atoms with van der Waals surface area (Å²) < 4.78 is 27.1. The minimum Gasteiger partial charge on any atom is -0.507 e. The molecule has 0 atom stereocenters. The fourth-order valence-electron chi connectivity index (χ4n) is 2.20. The number of nitrogens with zero attached hydrogens (tertiary/aromatic N) is 3. The molecule has 1 aromatic heterocycles. The van der Waals surface area contributed by atoms with Crippen LogP contribution < -0.4 is 4.72 Å². The van der Waals surface area contributed by atoms with Gasteiger partial charge in [-0.25, -0.2) is 13.2 Å². The molecule has 0 unspecified atom stereocenters. The smallest absolute Gasteiger partial charge is 0.339 e. The predicted molar refractivity (Wildman–Crippen MR) is 101 cm³/mol. The van der Waals surface area contributed by atoms with Crippen molar-refractivity contribution in [2.45, 2.75) is 4.90 Å². The zero-order chi connectivity index (χ0) is 20.1. The van der Waals surface area contributed by atoms with E-state index in [1.807, 2.05) is 0 Å². The maximum absolute atomic E-state index is 12.4. The maximum atomic E-state index is 12.4. The van der Waals surface area contributed by atoms with Gasteiger partial charge in [0, 0.05) is 6.20 Å². The van der Waals surface area contributed by atoms with Crippen molar-refractivity contribution >= 4 is 33.1 Å². The number of pyridine rings is 1. The van der Waals surface area contributed by atoms with E-state index in [-0.39, 0.29) is 21.9 Å². The Balaban J connectivity index is 1.77.